The third-order valence-corrected chi connectivity index (χ3v) is 6.60. The maximum Gasteiger partial charge on any atom is 0.227 e. The summed E-state index contributed by atoms with van der Waals surface area (Å²) in [6.45, 7) is 3.63. The van der Waals surface area contributed by atoms with E-state index in [2.05, 4.69) is 0 Å². The van der Waals surface area contributed by atoms with Gasteiger partial charge in [-0.1, -0.05) is 12.1 Å². The fourth-order valence-corrected chi connectivity index (χ4v) is 4.58. The number of likely N-dealkylation sites (tertiary alicyclic amines) is 1. The average molecular weight is 338 g/mol. The lowest BCUT2D eigenvalue weighted by Crippen LogP contribution is -2.36. The van der Waals surface area contributed by atoms with E-state index in [4.69, 9.17) is 4.74 Å². The minimum Gasteiger partial charge on any atom is -0.497 e. The first kappa shape index (κ1) is 16.3. The van der Waals surface area contributed by atoms with Crippen LogP contribution in [-0.4, -0.2) is 56.0 Å². The molecule has 6 nitrogen and oxygen atoms in total. The van der Waals surface area contributed by atoms with E-state index in [1.807, 2.05) is 29.2 Å². The topological polar surface area (TPSA) is 66.9 Å². The van der Waals surface area contributed by atoms with Crippen molar-refractivity contribution in [2.24, 2.45) is 11.8 Å². The molecule has 2 aliphatic heterocycles. The minimum absolute atomic E-state index is 0.0691. The van der Waals surface area contributed by atoms with Gasteiger partial charge in [-0.05, 0) is 24.6 Å². The molecule has 1 amide bonds. The first-order valence-electron chi connectivity index (χ1n) is 7.84. The van der Waals surface area contributed by atoms with Crippen molar-refractivity contribution in [2.45, 2.75) is 13.5 Å². The largest absolute Gasteiger partial charge is 0.497 e. The van der Waals surface area contributed by atoms with Crippen LogP contribution in [0.1, 0.15) is 12.5 Å². The monoisotopic (exact) mass is 338 g/mol. The third kappa shape index (κ3) is 3.07. The highest BCUT2D eigenvalue weighted by atomic mass is 32.2. The van der Waals surface area contributed by atoms with Gasteiger partial charge in [-0.2, -0.15) is 0 Å². The molecule has 0 aliphatic carbocycles. The van der Waals surface area contributed by atoms with E-state index in [9.17, 15) is 13.2 Å². The Labute approximate surface area is 137 Å². The van der Waals surface area contributed by atoms with Gasteiger partial charge < -0.3 is 9.64 Å². The van der Waals surface area contributed by atoms with E-state index >= 15 is 0 Å². The number of amides is 1. The van der Waals surface area contributed by atoms with Gasteiger partial charge in [-0.25, -0.2) is 12.7 Å². The van der Waals surface area contributed by atoms with E-state index in [1.54, 1.807) is 14.0 Å². The number of sulfonamides is 1. The second-order valence-electron chi connectivity index (χ2n) is 6.15. The molecule has 2 heterocycles. The highest BCUT2D eigenvalue weighted by Gasteiger charge is 2.48. The molecule has 0 saturated carbocycles. The Bertz CT molecular complexity index is 687. The molecule has 2 aliphatic rings. The van der Waals surface area contributed by atoms with E-state index in [0.29, 0.717) is 26.2 Å². The van der Waals surface area contributed by atoms with Crippen molar-refractivity contribution in [1.82, 2.24) is 9.21 Å². The van der Waals surface area contributed by atoms with Crippen molar-refractivity contribution in [2.75, 3.05) is 32.5 Å². The molecule has 0 bridgehead atoms. The zero-order valence-electron chi connectivity index (χ0n) is 13.4. The fourth-order valence-electron chi connectivity index (χ4n) is 3.41. The number of rotatable bonds is 5. The van der Waals surface area contributed by atoms with Crippen LogP contribution in [0.3, 0.4) is 0 Å². The summed E-state index contributed by atoms with van der Waals surface area (Å²) in [5.41, 5.74) is 1.05. The highest BCUT2D eigenvalue weighted by Crippen LogP contribution is 2.34. The molecule has 0 radical (unpaired) electrons. The predicted octanol–water partition coefficient (Wildman–Crippen LogP) is 0.935. The number of methoxy groups -OCH3 is 1. The van der Waals surface area contributed by atoms with E-state index in [1.165, 1.54) is 4.31 Å². The van der Waals surface area contributed by atoms with Crippen molar-refractivity contribution in [3.8, 4) is 5.75 Å². The van der Waals surface area contributed by atoms with Gasteiger partial charge in [0.15, 0.2) is 0 Å². The van der Waals surface area contributed by atoms with Crippen LogP contribution in [0.4, 0.5) is 0 Å². The lowest BCUT2D eigenvalue weighted by atomic mass is 10.0. The number of hydrogen-bond donors (Lipinski definition) is 0. The number of carbonyl (C=O) groups excluding carboxylic acids is 1. The molecule has 2 fully saturated rings. The number of nitrogens with zero attached hydrogens (tertiary/aromatic N) is 2. The van der Waals surface area contributed by atoms with Crippen LogP contribution < -0.4 is 4.74 Å². The van der Waals surface area contributed by atoms with Gasteiger partial charge in [0.1, 0.15) is 5.75 Å². The maximum absolute atomic E-state index is 12.6. The molecular formula is C16H22N2O4S. The summed E-state index contributed by atoms with van der Waals surface area (Å²) in [4.78, 5) is 14.4. The van der Waals surface area contributed by atoms with Gasteiger partial charge in [0.25, 0.3) is 0 Å². The normalized spacial score (nSPS) is 25.0. The zero-order valence-corrected chi connectivity index (χ0v) is 14.3. The van der Waals surface area contributed by atoms with Crippen molar-refractivity contribution >= 4 is 15.9 Å². The number of carbonyl (C=O) groups is 1. The summed E-state index contributed by atoms with van der Waals surface area (Å²) in [6, 6.07) is 7.67. The number of hydrogen-bond acceptors (Lipinski definition) is 4. The Kier molecular flexibility index (Phi) is 4.33. The van der Waals surface area contributed by atoms with Crippen molar-refractivity contribution in [3.05, 3.63) is 29.8 Å². The Balaban J connectivity index is 1.65. The summed E-state index contributed by atoms with van der Waals surface area (Å²) in [6.07, 6.45) is 0. The molecule has 23 heavy (non-hydrogen) atoms. The van der Waals surface area contributed by atoms with Gasteiger partial charge in [-0.3, -0.25) is 4.79 Å². The van der Waals surface area contributed by atoms with E-state index in [-0.39, 0.29) is 23.5 Å². The van der Waals surface area contributed by atoms with Crippen molar-refractivity contribution < 1.29 is 17.9 Å². The van der Waals surface area contributed by atoms with Crippen LogP contribution in [0, 0.1) is 11.8 Å². The van der Waals surface area contributed by atoms with Gasteiger partial charge in [-0.15, -0.1) is 0 Å². The molecule has 3 rings (SSSR count). The number of ether oxygens (including phenoxy) is 1. The Morgan fingerprint density at radius 2 is 1.87 bits per heavy atom. The van der Waals surface area contributed by atoms with Crippen LogP contribution in [0.5, 0.6) is 5.75 Å². The van der Waals surface area contributed by atoms with Gasteiger partial charge in [0.05, 0.1) is 18.8 Å². The molecule has 7 heteroatoms. The average Bonchev–Trinajstić information content (AvgIpc) is 3.09. The Morgan fingerprint density at radius 3 is 2.43 bits per heavy atom. The molecule has 2 saturated heterocycles. The summed E-state index contributed by atoms with van der Waals surface area (Å²) >= 11 is 0. The lowest BCUT2D eigenvalue weighted by molar-refractivity contribution is -0.131. The number of benzene rings is 1. The molecule has 0 unspecified atom stereocenters. The quantitative estimate of drug-likeness (QED) is 0.801. The van der Waals surface area contributed by atoms with Crippen LogP contribution in [0.15, 0.2) is 24.3 Å². The first-order valence-corrected chi connectivity index (χ1v) is 9.45. The molecule has 2 atom stereocenters. The first-order chi connectivity index (χ1) is 10.9. The summed E-state index contributed by atoms with van der Waals surface area (Å²) < 4.78 is 30.5. The summed E-state index contributed by atoms with van der Waals surface area (Å²) in [5.74, 6) is 0.881. The molecular weight excluding hydrogens is 316 g/mol. The summed E-state index contributed by atoms with van der Waals surface area (Å²) in [5, 5.41) is 0. The van der Waals surface area contributed by atoms with Crippen LogP contribution >= 0.6 is 0 Å². The van der Waals surface area contributed by atoms with Crippen LogP contribution in [0.25, 0.3) is 0 Å². The van der Waals surface area contributed by atoms with Crippen molar-refractivity contribution in [3.63, 3.8) is 0 Å². The zero-order chi connectivity index (χ0) is 16.6. The van der Waals surface area contributed by atoms with Gasteiger partial charge in [0, 0.05) is 32.1 Å². The Morgan fingerprint density at radius 1 is 1.17 bits per heavy atom. The van der Waals surface area contributed by atoms with Crippen LogP contribution in [0.2, 0.25) is 0 Å². The number of fused-ring (bicyclic) bond motifs is 1. The molecule has 0 spiro atoms. The van der Waals surface area contributed by atoms with Gasteiger partial charge in [0.2, 0.25) is 15.9 Å². The fraction of sp³-hybridized carbons (Fsp3) is 0.562. The van der Waals surface area contributed by atoms with E-state index < -0.39 is 10.0 Å². The molecule has 126 valence electrons. The standard InChI is InChI=1S/C16H22N2O4S/c1-3-23(20,21)18-10-13-9-17(16(19)15(13)11-18)8-12-4-6-14(22-2)7-5-12/h4-7,13,15H,3,8-11H2,1-2H3/t13-,15+/m0/s1. The second kappa shape index (κ2) is 6.13. The lowest BCUT2D eigenvalue weighted by Gasteiger charge is -2.21. The van der Waals surface area contributed by atoms with E-state index in [0.717, 1.165) is 11.3 Å². The molecule has 0 aromatic heterocycles. The van der Waals surface area contributed by atoms with Crippen molar-refractivity contribution in [1.29, 1.82) is 0 Å². The SMILES string of the molecule is CCS(=O)(=O)N1C[C@@H]2CN(Cc3ccc(OC)cc3)C(=O)[C@@H]2C1. The third-order valence-electron chi connectivity index (χ3n) is 4.78. The second-order valence-corrected chi connectivity index (χ2v) is 8.41. The molecule has 1 aromatic carbocycles. The predicted molar refractivity (Wildman–Crippen MR) is 86.4 cm³/mol. The maximum atomic E-state index is 12.6. The van der Waals surface area contributed by atoms with Gasteiger partial charge >= 0.3 is 0 Å². The minimum atomic E-state index is -3.20. The molecule has 1 aromatic rings. The smallest absolute Gasteiger partial charge is 0.227 e. The highest BCUT2D eigenvalue weighted by molar-refractivity contribution is 7.89. The van der Waals surface area contributed by atoms with Crippen LogP contribution in [-0.2, 0) is 21.4 Å². The molecule has 0 N–H and O–H groups in total. The summed E-state index contributed by atoms with van der Waals surface area (Å²) in [7, 11) is -1.58. The Hall–Kier alpha value is -1.60.